The summed E-state index contributed by atoms with van der Waals surface area (Å²) in [7, 11) is 2.14. The van der Waals surface area contributed by atoms with Gasteiger partial charge in [-0.3, -0.25) is 5.41 Å². The van der Waals surface area contributed by atoms with Crippen LogP contribution in [-0.4, -0.2) is 49.5 Å². The third-order valence-corrected chi connectivity index (χ3v) is 7.29. The summed E-state index contributed by atoms with van der Waals surface area (Å²) in [6, 6.07) is 20.0. The molecule has 0 amide bonds. The number of likely N-dealkylation sites (tertiary alicyclic amines) is 1. The smallest absolute Gasteiger partial charge is 0.329 e. The van der Waals surface area contributed by atoms with Gasteiger partial charge in [-0.1, -0.05) is 54.6 Å². The van der Waals surface area contributed by atoms with Gasteiger partial charge in [-0.15, -0.1) is 0 Å². The minimum absolute atomic E-state index is 0.0289. The van der Waals surface area contributed by atoms with Crippen LogP contribution in [0.2, 0.25) is 0 Å². The number of hydrogen-bond acceptors (Lipinski definition) is 5. The van der Waals surface area contributed by atoms with Crippen LogP contribution in [0.5, 0.6) is 0 Å². The molecule has 0 bridgehead atoms. The number of amidine groups is 1. The van der Waals surface area contributed by atoms with Gasteiger partial charge in [0.1, 0.15) is 11.9 Å². The molecule has 5 rings (SSSR count). The fourth-order valence-corrected chi connectivity index (χ4v) is 5.20. The minimum Gasteiger partial charge on any atom is -0.464 e. The normalized spacial score (nSPS) is 18.7. The molecule has 3 N–H and O–H groups in total. The highest BCUT2D eigenvalue weighted by Crippen LogP contribution is 2.36. The zero-order chi connectivity index (χ0) is 23.7. The van der Waals surface area contributed by atoms with Gasteiger partial charge >= 0.3 is 5.97 Å². The van der Waals surface area contributed by atoms with Crippen LogP contribution in [-0.2, 0) is 22.5 Å². The van der Waals surface area contributed by atoms with Crippen LogP contribution in [0.1, 0.15) is 29.5 Å². The van der Waals surface area contributed by atoms with Crippen molar-refractivity contribution in [3.05, 3.63) is 77.4 Å². The number of nitrogens with two attached hydrogens (primary N) is 1. The average molecular weight is 457 g/mol. The van der Waals surface area contributed by atoms with E-state index in [0.29, 0.717) is 31.1 Å². The number of carbonyl (C=O) groups excluding carboxylic acids is 1. The van der Waals surface area contributed by atoms with E-state index in [2.05, 4.69) is 47.2 Å². The summed E-state index contributed by atoms with van der Waals surface area (Å²) in [5, 5.41) is 10.2. The second kappa shape index (κ2) is 9.47. The van der Waals surface area contributed by atoms with Gasteiger partial charge < -0.3 is 20.3 Å². The Labute approximate surface area is 200 Å². The van der Waals surface area contributed by atoms with E-state index in [1.165, 1.54) is 10.8 Å². The first-order chi connectivity index (χ1) is 16.5. The van der Waals surface area contributed by atoms with Crippen LogP contribution < -0.4 is 10.6 Å². The molecule has 1 unspecified atom stereocenters. The summed E-state index contributed by atoms with van der Waals surface area (Å²) in [4.78, 5) is 17.8. The maximum Gasteiger partial charge on any atom is 0.329 e. The molecule has 3 aromatic rings. The van der Waals surface area contributed by atoms with E-state index in [1.807, 2.05) is 30.3 Å². The second-order valence-corrected chi connectivity index (χ2v) is 9.62. The molecule has 3 aromatic carbocycles. The van der Waals surface area contributed by atoms with Crippen LogP contribution in [0.25, 0.3) is 10.8 Å². The fraction of sp³-hybridized carbons (Fsp3) is 0.357. The summed E-state index contributed by atoms with van der Waals surface area (Å²) in [6.07, 6.45) is 2.73. The Kier molecular flexibility index (Phi) is 6.24. The SMILES string of the molecule is CN1CCC(COC(=O)C2Cc3ccc(C(=N)N)cc3N2Cc2cccc3ccccc23)CC1. The molecule has 0 saturated carbocycles. The van der Waals surface area contributed by atoms with Crippen molar-refractivity contribution in [2.24, 2.45) is 11.7 Å². The lowest BCUT2D eigenvalue weighted by molar-refractivity contribution is -0.147. The van der Waals surface area contributed by atoms with Crippen molar-refractivity contribution in [1.29, 1.82) is 5.41 Å². The van der Waals surface area contributed by atoms with Gasteiger partial charge in [0.15, 0.2) is 0 Å². The van der Waals surface area contributed by atoms with Crippen LogP contribution in [0.15, 0.2) is 60.7 Å². The molecular weight excluding hydrogens is 424 g/mol. The molecule has 1 saturated heterocycles. The van der Waals surface area contributed by atoms with E-state index in [0.717, 1.165) is 42.7 Å². The predicted molar refractivity (Wildman–Crippen MR) is 136 cm³/mol. The zero-order valence-corrected chi connectivity index (χ0v) is 19.7. The summed E-state index contributed by atoms with van der Waals surface area (Å²) >= 11 is 0. The third kappa shape index (κ3) is 4.50. The van der Waals surface area contributed by atoms with Crippen LogP contribution in [0.3, 0.4) is 0 Å². The number of nitrogens with zero attached hydrogens (tertiary/aromatic N) is 2. The molecule has 6 nitrogen and oxygen atoms in total. The maximum atomic E-state index is 13.4. The molecular formula is C28H32N4O2. The predicted octanol–water partition coefficient (Wildman–Crippen LogP) is 3.94. The quantitative estimate of drug-likeness (QED) is 0.334. The lowest BCUT2D eigenvalue weighted by atomic mass is 9.98. The van der Waals surface area contributed by atoms with Crippen LogP contribution in [0, 0.1) is 11.3 Å². The van der Waals surface area contributed by atoms with Gasteiger partial charge in [-0.25, -0.2) is 4.79 Å². The van der Waals surface area contributed by atoms with Crippen molar-refractivity contribution < 1.29 is 9.53 Å². The Bertz CT molecular complexity index is 1210. The van der Waals surface area contributed by atoms with E-state index in [1.54, 1.807) is 0 Å². The van der Waals surface area contributed by atoms with E-state index in [-0.39, 0.29) is 17.8 Å². The zero-order valence-electron chi connectivity index (χ0n) is 19.7. The largest absolute Gasteiger partial charge is 0.464 e. The number of esters is 1. The molecule has 1 fully saturated rings. The van der Waals surface area contributed by atoms with Crippen molar-refractivity contribution in [3.63, 3.8) is 0 Å². The van der Waals surface area contributed by atoms with Crippen molar-refractivity contribution in [3.8, 4) is 0 Å². The van der Waals surface area contributed by atoms with Crippen LogP contribution in [0.4, 0.5) is 5.69 Å². The van der Waals surface area contributed by atoms with E-state index >= 15 is 0 Å². The van der Waals surface area contributed by atoms with Gasteiger partial charge in [-0.05, 0) is 66.9 Å². The molecule has 2 aliphatic heterocycles. The Morgan fingerprint density at radius 2 is 1.85 bits per heavy atom. The molecule has 34 heavy (non-hydrogen) atoms. The summed E-state index contributed by atoms with van der Waals surface area (Å²) in [5.74, 6) is 0.292. The maximum absolute atomic E-state index is 13.4. The van der Waals surface area contributed by atoms with Crippen molar-refractivity contribution in [1.82, 2.24) is 4.90 Å². The number of rotatable bonds is 6. The molecule has 0 aromatic heterocycles. The fourth-order valence-electron chi connectivity index (χ4n) is 5.20. The standard InChI is InChI=1S/C28H32N4O2/c1-31-13-11-19(12-14-31)18-34-28(33)26-15-21-9-10-22(27(29)30)16-25(21)32(26)17-23-7-4-6-20-5-2-3-8-24(20)23/h2-10,16,19,26H,11-15,17-18H2,1H3,(H3,29,30). The Hall–Kier alpha value is -3.38. The Morgan fingerprint density at radius 3 is 2.65 bits per heavy atom. The number of benzene rings is 3. The molecule has 0 aliphatic carbocycles. The second-order valence-electron chi connectivity index (χ2n) is 9.62. The minimum atomic E-state index is -0.387. The van der Waals surface area contributed by atoms with Crippen molar-refractivity contribution >= 4 is 28.3 Å². The van der Waals surface area contributed by atoms with Gasteiger partial charge in [0.05, 0.1) is 6.61 Å². The van der Waals surface area contributed by atoms with E-state index in [9.17, 15) is 4.79 Å². The molecule has 0 radical (unpaired) electrons. The topological polar surface area (TPSA) is 82.6 Å². The highest BCUT2D eigenvalue weighted by molar-refractivity contribution is 5.97. The lowest BCUT2D eigenvalue weighted by Gasteiger charge is -2.30. The molecule has 2 aliphatic rings. The first-order valence-corrected chi connectivity index (χ1v) is 12.1. The number of fused-ring (bicyclic) bond motifs is 2. The number of ether oxygens (including phenoxy) is 1. The molecule has 2 heterocycles. The highest BCUT2D eigenvalue weighted by Gasteiger charge is 2.36. The third-order valence-electron chi connectivity index (χ3n) is 7.29. The number of piperidine rings is 1. The number of nitrogen functional groups attached to an aromatic ring is 1. The molecule has 176 valence electrons. The van der Waals surface area contributed by atoms with Gasteiger partial charge in [0.25, 0.3) is 0 Å². The Balaban J connectivity index is 1.42. The average Bonchev–Trinajstić information content (AvgIpc) is 3.21. The van der Waals surface area contributed by atoms with E-state index < -0.39 is 0 Å². The van der Waals surface area contributed by atoms with Gasteiger partial charge in [0, 0.05) is 24.2 Å². The molecule has 6 heteroatoms. The van der Waals surface area contributed by atoms with Crippen molar-refractivity contribution in [2.45, 2.75) is 31.8 Å². The molecule has 0 spiro atoms. The first-order valence-electron chi connectivity index (χ1n) is 12.1. The molecule has 1 atom stereocenters. The summed E-state index contributed by atoms with van der Waals surface area (Å²) in [5.41, 5.74) is 9.66. The number of hydrogen-bond donors (Lipinski definition) is 2. The van der Waals surface area contributed by atoms with E-state index in [4.69, 9.17) is 15.9 Å². The highest BCUT2D eigenvalue weighted by atomic mass is 16.5. The monoisotopic (exact) mass is 456 g/mol. The summed E-state index contributed by atoms with van der Waals surface area (Å²) < 4.78 is 5.90. The van der Waals surface area contributed by atoms with Gasteiger partial charge in [0.2, 0.25) is 0 Å². The van der Waals surface area contributed by atoms with Gasteiger partial charge in [-0.2, -0.15) is 0 Å². The van der Waals surface area contributed by atoms with Crippen molar-refractivity contribution in [2.75, 3.05) is 31.6 Å². The Morgan fingerprint density at radius 1 is 1.09 bits per heavy atom. The number of nitrogens with one attached hydrogen (secondary N) is 1. The number of anilines is 1. The summed E-state index contributed by atoms with van der Waals surface area (Å²) in [6.45, 7) is 3.18. The lowest BCUT2D eigenvalue weighted by Crippen LogP contribution is -2.40. The number of carbonyl (C=O) groups is 1. The first kappa shape index (κ1) is 22.4. The van der Waals surface area contributed by atoms with Crippen LogP contribution >= 0.6 is 0 Å².